The molecule has 0 aliphatic rings. The van der Waals surface area contributed by atoms with E-state index in [4.69, 9.17) is 4.74 Å². The summed E-state index contributed by atoms with van der Waals surface area (Å²) in [6.07, 6.45) is -0.340. The molecule has 0 unspecified atom stereocenters. The van der Waals surface area contributed by atoms with Crippen molar-refractivity contribution in [1.29, 1.82) is 0 Å². The van der Waals surface area contributed by atoms with E-state index in [1.54, 1.807) is 6.92 Å². The summed E-state index contributed by atoms with van der Waals surface area (Å²) in [4.78, 5) is 22.0. The van der Waals surface area contributed by atoms with Gasteiger partial charge in [0.1, 0.15) is 0 Å². The van der Waals surface area contributed by atoms with E-state index in [-0.39, 0.29) is 24.2 Å². The molecule has 116 valence electrons. The highest BCUT2D eigenvalue weighted by Gasteiger charge is 2.14. The molecule has 0 saturated heterocycles. The number of hydrogen-bond donors (Lipinski definition) is 0. The summed E-state index contributed by atoms with van der Waals surface area (Å²) in [6.45, 7) is 5.58. The number of anilines is 1. The van der Waals surface area contributed by atoms with Gasteiger partial charge in [0.05, 0.1) is 17.9 Å². The molecule has 7 heteroatoms. The van der Waals surface area contributed by atoms with Crippen LogP contribution in [0.5, 0.6) is 0 Å². The van der Waals surface area contributed by atoms with Gasteiger partial charge in [-0.25, -0.2) is 14.8 Å². The topological polar surface area (TPSA) is 55.3 Å². The summed E-state index contributed by atoms with van der Waals surface area (Å²) in [6, 6.07) is 0. The van der Waals surface area contributed by atoms with E-state index >= 15 is 0 Å². The maximum Gasteiger partial charge on any atom is 0.341 e. The molecule has 0 aliphatic heterocycles. The van der Waals surface area contributed by atoms with Gasteiger partial charge in [0.25, 0.3) is 6.08 Å². The molecular weight excluding hydrogens is 280 g/mol. The predicted molar refractivity (Wildman–Crippen MR) is 75.5 cm³/mol. The second kappa shape index (κ2) is 7.66. The van der Waals surface area contributed by atoms with E-state index in [9.17, 15) is 13.6 Å². The molecule has 0 amide bonds. The summed E-state index contributed by atoms with van der Waals surface area (Å²) < 4.78 is 29.4. The average Bonchev–Trinajstić information content (AvgIpc) is 2.45. The number of carbonyl (C=O) groups is 1. The van der Waals surface area contributed by atoms with Gasteiger partial charge in [-0.1, -0.05) is 0 Å². The lowest BCUT2D eigenvalue weighted by atomic mass is 10.2. The Balaban J connectivity index is 2.69. The van der Waals surface area contributed by atoms with Crippen molar-refractivity contribution >= 4 is 11.9 Å². The van der Waals surface area contributed by atoms with Crippen LogP contribution in [-0.4, -0.2) is 36.1 Å². The maximum absolute atomic E-state index is 12.2. The summed E-state index contributed by atoms with van der Waals surface area (Å²) in [7, 11) is 1.84. The van der Waals surface area contributed by atoms with E-state index in [2.05, 4.69) is 9.97 Å². The van der Waals surface area contributed by atoms with Crippen LogP contribution in [0, 0.1) is 6.92 Å². The standard InChI is InChI=1S/C14H19F2N3O2/c1-5-19(4)14-17-8-11(10(3)18-14)13(20)21-7-6-9(2)12(15)16/h8H,5-7H2,1-4H3. The number of esters is 1. The van der Waals surface area contributed by atoms with Gasteiger partial charge < -0.3 is 9.64 Å². The van der Waals surface area contributed by atoms with Crippen LogP contribution in [0.15, 0.2) is 17.9 Å². The van der Waals surface area contributed by atoms with Crippen molar-refractivity contribution in [2.24, 2.45) is 0 Å². The third-order valence-electron chi connectivity index (χ3n) is 3.04. The highest BCUT2D eigenvalue weighted by atomic mass is 19.3. The van der Waals surface area contributed by atoms with Crippen LogP contribution in [0.1, 0.15) is 36.3 Å². The van der Waals surface area contributed by atoms with Gasteiger partial charge in [0.2, 0.25) is 5.95 Å². The molecule has 0 saturated carbocycles. The minimum atomic E-state index is -1.74. The number of aromatic nitrogens is 2. The zero-order chi connectivity index (χ0) is 16.0. The molecule has 0 atom stereocenters. The average molecular weight is 299 g/mol. The lowest BCUT2D eigenvalue weighted by Gasteiger charge is -2.15. The Hall–Kier alpha value is -2.05. The molecule has 1 aromatic heterocycles. The summed E-state index contributed by atoms with van der Waals surface area (Å²) >= 11 is 0. The SMILES string of the molecule is CCN(C)c1ncc(C(=O)OCCC(C)=C(F)F)c(C)n1. The van der Waals surface area contributed by atoms with E-state index in [1.165, 1.54) is 13.1 Å². The third kappa shape index (κ3) is 4.77. The Labute approximate surface area is 122 Å². The smallest absolute Gasteiger partial charge is 0.341 e. The first-order chi connectivity index (χ1) is 9.86. The molecule has 0 radical (unpaired) electrons. The van der Waals surface area contributed by atoms with Crippen molar-refractivity contribution in [3.63, 3.8) is 0 Å². The Bertz CT molecular complexity index is 543. The Morgan fingerprint density at radius 2 is 2.10 bits per heavy atom. The fraction of sp³-hybridized carbons (Fsp3) is 0.500. The number of ether oxygens (including phenoxy) is 1. The minimum absolute atomic E-state index is 0.00460. The second-order valence-corrected chi connectivity index (χ2v) is 4.61. The first-order valence-corrected chi connectivity index (χ1v) is 6.59. The normalized spacial score (nSPS) is 10.2. The molecule has 1 rings (SSSR count). The first kappa shape index (κ1) is 17.0. The minimum Gasteiger partial charge on any atom is -0.462 e. The zero-order valence-corrected chi connectivity index (χ0v) is 12.6. The number of rotatable bonds is 6. The summed E-state index contributed by atoms with van der Waals surface area (Å²) in [5, 5.41) is 0. The van der Waals surface area contributed by atoms with Crippen LogP contribution in [0.4, 0.5) is 14.7 Å². The Morgan fingerprint density at radius 3 is 2.62 bits per heavy atom. The molecule has 1 aromatic rings. The lowest BCUT2D eigenvalue weighted by Crippen LogP contribution is -2.20. The Morgan fingerprint density at radius 1 is 1.43 bits per heavy atom. The van der Waals surface area contributed by atoms with Crippen LogP contribution in [0.25, 0.3) is 0 Å². The molecule has 0 bridgehead atoms. The number of nitrogens with zero attached hydrogens (tertiary/aromatic N) is 3. The van der Waals surface area contributed by atoms with Crippen molar-refractivity contribution in [2.45, 2.75) is 27.2 Å². The molecule has 5 nitrogen and oxygen atoms in total. The van der Waals surface area contributed by atoms with Gasteiger partial charge >= 0.3 is 5.97 Å². The summed E-state index contributed by atoms with van der Waals surface area (Å²) in [5.41, 5.74) is 0.649. The van der Waals surface area contributed by atoms with Crippen molar-refractivity contribution in [1.82, 2.24) is 9.97 Å². The zero-order valence-electron chi connectivity index (χ0n) is 12.6. The quantitative estimate of drug-likeness (QED) is 0.756. The Kier molecular flexibility index (Phi) is 6.20. The lowest BCUT2D eigenvalue weighted by molar-refractivity contribution is 0.0506. The van der Waals surface area contributed by atoms with Gasteiger partial charge in [-0.3, -0.25) is 0 Å². The molecule has 0 fully saturated rings. The largest absolute Gasteiger partial charge is 0.462 e. The van der Waals surface area contributed by atoms with Gasteiger partial charge in [-0.2, -0.15) is 8.78 Å². The van der Waals surface area contributed by atoms with E-state index in [0.717, 1.165) is 6.54 Å². The van der Waals surface area contributed by atoms with Crippen molar-refractivity contribution in [3.8, 4) is 0 Å². The number of halogens is 2. The molecule has 0 N–H and O–H groups in total. The van der Waals surface area contributed by atoms with E-state index in [0.29, 0.717) is 11.6 Å². The highest BCUT2D eigenvalue weighted by Crippen LogP contribution is 2.13. The third-order valence-corrected chi connectivity index (χ3v) is 3.04. The fourth-order valence-corrected chi connectivity index (χ4v) is 1.45. The molecular formula is C14H19F2N3O2. The first-order valence-electron chi connectivity index (χ1n) is 6.59. The van der Waals surface area contributed by atoms with Gasteiger partial charge in [-0.15, -0.1) is 0 Å². The van der Waals surface area contributed by atoms with Crippen molar-refractivity contribution < 1.29 is 18.3 Å². The number of carbonyl (C=O) groups excluding carboxylic acids is 1. The van der Waals surface area contributed by atoms with Crippen LogP contribution >= 0.6 is 0 Å². The monoisotopic (exact) mass is 299 g/mol. The van der Waals surface area contributed by atoms with E-state index < -0.39 is 12.0 Å². The van der Waals surface area contributed by atoms with Crippen LogP contribution < -0.4 is 4.90 Å². The van der Waals surface area contributed by atoms with Gasteiger partial charge in [0.15, 0.2) is 0 Å². The van der Waals surface area contributed by atoms with Crippen LogP contribution in [0.2, 0.25) is 0 Å². The number of aryl methyl sites for hydroxylation is 1. The van der Waals surface area contributed by atoms with Gasteiger partial charge in [-0.05, 0) is 26.3 Å². The van der Waals surface area contributed by atoms with E-state index in [1.807, 2.05) is 18.9 Å². The molecule has 0 aliphatic carbocycles. The van der Waals surface area contributed by atoms with Crippen molar-refractivity contribution in [2.75, 3.05) is 25.1 Å². The predicted octanol–water partition coefficient (Wildman–Crippen LogP) is 2.96. The highest BCUT2D eigenvalue weighted by molar-refractivity contribution is 5.90. The van der Waals surface area contributed by atoms with Gasteiger partial charge in [0, 0.05) is 26.2 Å². The fourth-order valence-electron chi connectivity index (χ4n) is 1.45. The molecule has 1 heterocycles. The number of hydrogen-bond acceptors (Lipinski definition) is 5. The molecule has 0 spiro atoms. The van der Waals surface area contributed by atoms with Crippen molar-refractivity contribution in [3.05, 3.63) is 29.1 Å². The molecule has 21 heavy (non-hydrogen) atoms. The van der Waals surface area contributed by atoms with Crippen LogP contribution in [0.3, 0.4) is 0 Å². The summed E-state index contributed by atoms with van der Waals surface area (Å²) in [5.74, 6) is -0.0879. The molecule has 0 aromatic carbocycles. The van der Waals surface area contributed by atoms with Crippen LogP contribution in [-0.2, 0) is 4.74 Å². The second-order valence-electron chi connectivity index (χ2n) is 4.61. The maximum atomic E-state index is 12.2.